The van der Waals surface area contributed by atoms with Gasteiger partial charge < -0.3 is 16.5 Å². The zero-order valence-electron chi connectivity index (χ0n) is 17.5. The van der Waals surface area contributed by atoms with Gasteiger partial charge in [0.15, 0.2) is 0 Å². The second-order valence-corrected chi connectivity index (χ2v) is 21.5. The maximum atomic E-state index is 6.98. The first-order valence-electron chi connectivity index (χ1n) is 10.2. The molecule has 2 aliphatic rings. The molecule has 1 saturated heterocycles. The third-order valence-corrected chi connectivity index (χ3v) is 24.0. The Morgan fingerprint density at radius 2 is 1.11 bits per heavy atom. The van der Waals surface area contributed by atoms with Crippen LogP contribution in [0, 0.1) is 5.92 Å². The van der Waals surface area contributed by atoms with E-state index in [1.165, 1.54) is 0 Å². The summed E-state index contributed by atoms with van der Waals surface area (Å²) in [7, 11) is -10.9. The van der Waals surface area contributed by atoms with Gasteiger partial charge in [-0.3, -0.25) is 0 Å². The lowest BCUT2D eigenvalue weighted by Gasteiger charge is -2.50. The Kier molecular flexibility index (Phi) is 7.29. The summed E-state index contributed by atoms with van der Waals surface area (Å²) in [5.74, 6) is 0.628. The summed E-state index contributed by atoms with van der Waals surface area (Å²) in [6.45, 7) is 25.0. The maximum absolute atomic E-state index is 6.98. The van der Waals surface area contributed by atoms with Crippen molar-refractivity contribution in [2.45, 2.75) is 64.2 Å². The molecule has 0 aromatic rings. The standard InChI is InChI=1S/C19H36O4Si4/c1-9-18-17-19(18)27(16-8)22-25(12-4,13-5)20-24(10-2,11-3)21-26(14-6,15-7)23-27/h10,12,14,16,18-19H,2,4,6,8-9,11,13,15,17H2,1,3,5,7H3. The normalized spacial score (nSPS) is 44.6. The van der Waals surface area contributed by atoms with E-state index in [1.54, 1.807) is 0 Å². The van der Waals surface area contributed by atoms with E-state index >= 15 is 0 Å². The number of rotatable bonds is 9. The summed E-state index contributed by atoms with van der Waals surface area (Å²) >= 11 is 0. The molecular weight excluding hydrogens is 405 g/mol. The van der Waals surface area contributed by atoms with Crippen LogP contribution in [0.4, 0.5) is 0 Å². The molecule has 4 nitrogen and oxygen atoms in total. The van der Waals surface area contributed by atoms with Crippen molar-refractivity contribution in [2.24, 2.45) is 5.92 Å². The lowest BCUT2D eigenvalue weighted by molar-refractivity contribution is 0.235. The van der Waals surface area contributed by atoms with E-state index in [0.717, 1.165) is 31.0 Å². The molecule has 1 saturated carbocycles. The van der Waals surface area contributed by atoms with Crippen molar-refractivity contribution < 1.29 is 16.5 Å². The molecular formula is C19H36O4Si4. The van der Waals surface area contributed by atoms with Crippen molar-refractivity contribution in [1.29, 1.82) is 0 Å². The number of hydrogen-bond donors (Lipinski definition) is 0. The van der Waals surface area contributed by atoms with Crippen LogP contribution in [0.15, 0.2) is 49.1 Å². The molecule has 1 aliphatic carbocycles. The van der Waals surface area contributed by atoms with Gasteiger partial charge in [0.2, 0.25) is 0 Å². The van der Waals surface area contributed by atoms with Crippen molar-refractivity contribution in [3.05, 3.63) is 49.1 Å². The minimum absolute atomic E-state index is 0.406. The smallest absolute Gasteiger partial charge is 0.350 e. The van der Waals surface area contributed by atoms with Gasteiger partial charge in [0, 0.05) is 5.54 Å². The van der Waals surface area contributed by atoms with Crippen molar-refractivity contribution in [1.82, 2.24) is 0 Å². The van der Waals surface area contributed by atoms with E-state index in [0.29, 0.717) is 11.5 Å². The van der Waals surface area contributed by atoms with E-state index < -0.39 is 34.2 Å². The first-order valence-corrected chi connectivity index (χ1v) is 18.4. The third-order valence-electron chi connectivity index (χ3n) is 6.02. The van der Waals surface area contributed by atoms with Gasteiger partial charge in [-0.1, -0.05) is 56.9 Å². The molecule has 0 radical (unpaired) electrons. The van der Waals surface area contributed by atoms with Gasteiger partial charge in [0.25, 0.3) is 0 Å². The minimum Gasteiger partial charge on any atom is -0.409 e. The first-order chi connectivity index (χ1) is 12.8. The molecule has 0 aromatic heterocycles. The van der Waals surface area contributed by atoms with E-state index in [9.17, 15) is 0 Å². The van der Waals surface area contributed by atoms with E-state index in [2.05, 4.69) is 54.0 Å². The molecule has 2 rings (SSSR count). The van der Waals surface area contributed by atoms with Crippen molar-refractivity contribution >= 4 is 34.2 Å². The Morgan fingerprint density at radius 3 is 1.37 bits per heavy atom. The average molecular weight is 441 g/mol. The van der Waals surface area contributed by atoms with Gasteiger partial charge in [0.05, 0.1) is 0 Å². The van der Waals surface area contributed by atoms with Crippen LogP contribution in [-0.2, 0) is 16.5 Å². The largest absolute Gasteiger partial charge is 0.409 e. The van der Waals surface area contributed by atoms with E-state index in [-0.39, 0.29) is 0 Å². The molecule has 0 amide bonds. The van der Waals surface area contributed by atoms with Gasteiger partial charge in [-0.25, -0.2) is 0 Å². The summed E-state index contributed by atoms with van der Waals surface area (Å²) in [5, 5.41) is 0. The van der Waals surface area contributed by atoms with Crippen LogP contribution in [0.5, 0.6) is 0 Å². The molecule has 8 heteroatoms. The molecule has 4 unspecified atom stereocenters. The van der Waals surface area contributed by atoms with Gasteiger partial charge in [-0.2, -0.15) is 0 Å². The summed E-state index contributed by atoms with van der Waals surface area (Å²) in [6.07, 6.45) is 2.26. The zero-order valence-corrected chi connectivity index (χ0v) is 21.5. The van der Waals surface area contributed by atoms with Crippen LogP contribution in [0.3, 0.4) is 0 Å². The average Bonchev–Trinajstić information content (AvgIpc) is 3.50. The van der Waals surface area contributed by atoms with Crippen LogP contribution in [0.25, 0.3) is 0 Å². The molecule has 152 valence electrons. The first kappa shape index (κ1) is 23.0. The highest BCUT2D eigenvalue weighted by Gasteiger charge is 2.65. The van der Waals surface area contributed by atoms with Crippen molar-refractivity contribution in [3.63, 3.8) is 0 Å². The molecule has 4 atom stereocenters. The summed E-state index contributed by atoms with van der Waals surface area (Å²) in [4.78, 5) is 0. The maximum Gasteiger partial charge on any atom is 0.350 e. The van der Waals surface area contributed by atoms with Crippen LogP contribution in [0.2, 0.25) is 23.7 Å². The van der Waals surface area contributed by atoms with Crippen LogP contribution in [-0.4, -0.2) is 34.2 Å². The molecule has 1 heterocycles. The van der Waals surface area contributed by atoms with Crippen LogP contribution < -0.4 is 0 Å². The highest BCUT2D eigenvalue weighted by Crippen LogP contribution is 2.57. The zero-order chi connectivity index (χ0) is 20.3. The molecule has 0 aromatic carbocycles. The Bertz CT molecular complexity index is 570. The van der Waals surface area contributed by atoms with Gasteiger partial charge in [0.1, 0.15) is 0 Å². The minimum atomic E-state index is -2.75. The molecule has 1 aliphatic heterocycles. The number of hydrogen-bond acceptors (Lipinski definition) is 4. The molecule has 0 spiro atoms. The molecule has 2 fully saturated rings. The lowest BCUT2D eigenvalue weighted by Crippen LogP contribution is -2.68. The predicted octanol–water partition coefficient (Wildman–Crippen LogP) is 5.60. The monoisotopic (exact) mass is 440 g/mol. The van der Waals surface area contributed by atoms with E-state index in [1.807, 2.05) is 22.8 Å². The Labute approximate surface area is 170 Å². The SMILES string of the molecule is C=C[Si]1(CC)O[Si](C=C)(CC)O[Si](C=C)(C2CC2CC)O[Si](C=C)(CC)O1. The fourth-order valence-corrected chi connectivity index (χ4v) is 25.1. The van der Waals surface area contributed by atoms with Gasteiger partial charge in [-0.05, 0) is 30.5 Å². The van der Waals surface area contributed by atoms with Crippen molar-refractivity contribution in [3.8, 4) is 0 Å². The van der Waals surface area contributed by atoms with Crippen LogP contribution in [0.1, 0.15) is 40.5 Å². The summed E-state index contributed by atoms with van der Waals surface area (Å²) in [6, 6.07) is 2.30. The third kappa shape index (κ3) is 4.18. The predicted molar refractivity (Wildman–Crippen MR) is 122 cm³/mol. The Hall–Kier alpha value is -0.332. The highest BCUT2D eigenvalue weighted by molar-refractivity contribution is 6.99. The van der Waals surface area contributed by atoms with Gasteiger partial charge >= 0.3 is 34.2 Å². The Balaban J connectivity index is 2.61. The summed E-state index contributed by atoms with van der Waals surface area (Å²) < 4.78 is 27.6. The fourth-order valence-electron chi connectivity index (χ4n) is 3.90. The second-order valence-electron chi connectivity index (χ2n) is 7.45. The van der Waals surface area contributed by atoms with Crippen molar-refractivity contribution in [2.75, 3.05) is 0 Å². The highest BCUT2D eigenvalue weighted by atomic mass is 28.5. The fraction of sp³-hybridized carbons (Fsp3) is 0.579. The molecule has 0 bridgehead atoms. The summed E-state index contributed by atoms with van der Waals surface area (Å²) in [5.41, 5.74) is 8.07. The molecule has 0 N–H and O–H groups in total. The topological polar surface area (TPSA) is 36.9 Å². The molecule has 27 heavy (non-hydrogen) atoms. The van der Waals surface area contributed by atoms with E-state index in [4.69, 9.17) is 16.5 Å². The van der Waals surface area contributed by atoms with Gasteiger partial charge in [-0.15, -0.1) is 26.3 Å². The quantitative estimate of drug-likeness (QED) is 0.438. The Morgan fingerprint density at radius 1 is 0.704 bits per heavy atom. The lowest BCUT2D eigenvalue weighted by atomic mass is 10.3. The van der Waals surface area contributed by atoms with Crippen LogP contribution >= 0.6 is 0 Å². The second kappa shape index (κ2) is 8.58.